The maximum absolute atomic E-state index is 5.76. The average Bonchev–Trinajstić information content (AvgIpc) is 2.17. The van der Waals surface area contributed by atoms with Gasteiger partial charge in [-0.05, 0) is 6.07 Å². The van der Waals surface area contributed by atoms with Gasteiger partial charge < -0.3 is 15.5 Å². The molecule has 0 unspecified atom stereocenters. The van der Waals surface area contributed by atoms with Crippen molar-refractivity contribution in [2.45, 2.75) is 0 Å². The fourth-order valence-corrected chi connectivity index (χ4v) is 0.982. The Labute approximate surface area is 82.9 Å². The molecule has 0 radical (unpaired) electrons. The number of methoxy groups -OCH3 is 1. The number of aromatic nitrogens is 1. The maximum Gasteiger partial charge on any atom is 0.137 e. The Morgan fingerprint density at radius 3 is 2.86 bits per heavy atom. The Morgan fingerprint density at radius 1 is 1.57 bits per heavy atom. The van der Waals surface area contributed by atoms with Crippen molar-refractivity contribution < 1.29 is 4.74 Å². The number of pyridine rings is 1. The predicted molar refractivity (Wildman–Crippen MR) is 54.9 cm³/mol. The smallest absolute Gasteiger partial charge is 0.137 e. The first-order chi connectivity index (χ1) is 6.63. The van der Waals surface area contributed by atoms with Crippen molar-refractivity contribution >= 4 is 5.70 Å². The molecule has 0 aromatic carbocycles. The zero-order chi connectivity index (χ0) is 10.6. The maximum atomic E-state index is 5.76. The topological polar surface area (TPSA) is 77.4 Å². The van der Waals surface area contributed by atoms with E-state index in [4.69, 9.17) is 16.3 Å². The zero-order valence-electron chi connectivity index (χ0n) is 8.27. The van der Waals surface area contributed by atoms with E-state index in [1.165, 1.54) is 5.01 Å². The summed E-state index contributed by atoms with van der Waals surface area (Å²) in [5.74, 6) is 6.09. The molecule has 0 aliphatic rings. The monoisotopic (exact) mass is 194 g/mol. The molecule has 0 atom stereocenters. The number of hydrogen-bond acceptors (Lipinski definition) is 5. The van der Waals surface area contributed by atoms with Gasteiger partial charge in [0.2, 0.25) is 0 Å². The van der Waals surface area contributed by atoms with Crippen LogP contribution in [0.5, 0.6) is 5.75 Å². The summed E-state index contributed by atoms with van der Waals surface area (Å²) in [5.41, 5.74) is 7.09. The van der Waals surface area contributed by atoms with Crippen molar-refractivity contribution in [3.63, 3.8) is 0 Å². The third kappa shape index (κ3) is 2.63. The highest BCUT2D eigenvalue weighted by atomic mass is 16.5. The highest BCUT2D eigenvalue weighted by Crippen LogP contribution is 2.14. The minimum atomic E-state index is 0.543. The standard InChI is InChI=1S/C9H14N4O/c1-13(11)6-9(10)7-3-8(14-2)5-12-4-7/h3-6H,10-11H2,1-2H3/b9-6-. The average molecular weight is 194 g/mol. The Hall–Kier alpha value is -1.75. The summed E-state index contributed by atoms with van der Waals surface area (Å²) in [6, 6.07) is 1.79. The second kappa shape index (κ2) is 4.48. The molecule has 0 saturated carbocycles. The van der Waals surface area contributed by atoms with Gasteiger partial charge in [-0.25, -0.2) is 5.84 Å². The highest BCUT2D eigenvalue weighted by Gasteiger charge is 1.99. The molecule has 1 aromatic heterocycles. The van der Waals surface area contributed by atoms with E-state index in [9.17, 15) is 0 Å². The van der Waals surface area contributed by atoms with Crippen LogP contribution in [0, 0.1) is 0 Å². The molecule has 0 fully saturated rings. The second-order valence-corrected chi connectivity index (χ2v) is 2.86. The van der Waals surface area contributed by atoms with E-state index >= 15 is 0 Å². The van der Waals surface area contributed by atoms with Gasteiger partial charge >= 0.3 is 0 Å². The van der Waals surface area contributed by atoms with E-state index in [0.29, 0.717) is 11.4 Å². The summed E-state index contributed by atoms with van der Waals surface area (Å²) in [4.78, 5) is 3.98. The van der Waals surface area contributed by atoms with Gasteiger partial charge in [0.05, 0.1) is 19.0 Å². The van der Waals surface area contributed by atoms with Crippen LogP contribution < -0.4 is 16.3 Å². The fourth-order valence-electron chi connectivity index (χ4n) is 0.982. The summed E-state index contributed by atoms with van der Waals surface area (Å²) >= 11 is 0. The van der Waals surface area contributed by atoms with E-state index in [-0.39, 0.29) is 0 Å². The van der Waals surface area contributed by atoms with Crippen molar-refractivity contribution in [2.24, 2.45) is 11.6 Å². The van der Waals surface area contributed by atoms with Crippen LogP contribution in [0.4, 0.5) is 0 Å². The van der Waals surface area contributed by atoms with E-state index in [1.54, 1.807) is 38.8 Å². The molecular weight excluding hydrogens is 180 g/mol. The van der Waals surface area contributed by atoms with E-state index < -0.39 is 0 Å². The molecule has 0 spiro atoms. The second-order valence-electron chi connectivity index (χ2n) is 2.86. The lowest BCUT2D eigenvalue weighted by molar-refractivity contribution is 0.412. The summed E-state index contributed by atoms with van der Waals surface area (Å²) < 4.78 is 5.02. The molecule has 5 heteroatoms. The number of nitrogens with zero attached hydrogens (tertiary/aromatic N) is 2. The van der Waals surface area contributed by atoms with Crippen molar-refractivity contribution in [3.05, 3.63) is 30.2 Å². The Kier molecular flexibility index (Phi) is 3.30. The minimum Gasteiger partial charge on any atom is -0.495 e. The van der Waals surface area contributed by atoms with Crippen LogP contribution in [-0.4, -0.2) is 24.2 Å². The SMILES string of the molecule is COc1cncc(/C(N)=C/N(C)N)c1. The Bertz CT molecular complexity index is 335. The fraction of sp³-hybridized carbons (Fsp3) is 0.222. The van der Waals surface area contributed by atoms with Crippen LogP contribution >= 0.6 is 0 Å². The summed E-state index contributed by atoms with van der Waals surface area (Å²) in [6.07, 6.45) is 4.87. The molecule has 0 bridgehead atoms. The minimum absolute atomic E-state index is 0.543. The number of ether oxygens (including phenoxy) is 1. The molecular formula is C9H14N4O. The zero-order valence-corrected chi connectivity index (χ0v) is 8.27. The number of nitrogens with two attached hydrogens (primary N) is 2. The van der Waals surface area contributed by atoms with E-state index in [1.807, 2.05) is 0 Å². The van der Waals surface area contributed by atoms with Gasteiger partial charge in [-0.15, -0.1) is 0 Å². The highest BCUT2D eigenvalue weighted by molar-refractivity contribution is 5.62. The quantitative estimate of drug-likeness (QED) is 0.529. The van der Waals surface area contributed by atoms with Crippen LogP contribution in [-0.2, 0) is 0 Å². The Morgan fingerprint density at radius 2 is 2.29 bits per heavy atom. The van der Waals surface area contributed by atoms with Gasteiger partial charge in [-0.2, -0.15) is 0 Å². The lowest BCUT2D eigenvalue weighted by Gasteiger charge is -2.08. The molecule has 14 heavy (non-hydrogen) atoms. The van der Waals surface area contributed by atoms with Crippen LogP contribution in [0.2, 0.25) is 0 Å². The van der Waals surface area contributed by atoms with Gasteiger partial charge in [0.25, 0.3) is 0 Å². The molecule has 1 rings (SSSR count). The molecule has 5 nitrogen and oxygen atoms in total. The normalized spacial score (nSPS) is 11.2. The van der Waals surface area contributed by atoms with Crippen molar-refractivity contribution in [1.29, 1.82) is 0 Å². The molecule has 4 N–H and O–H groups in total. The van der Waals surface area contributed by atoms with Gasteiger partial charge in [0.1, 0.15) is 5.75 Å². The van der Waals surface area contributed by atoms with E-state index in [2.05, 4.69) is 4.98 Å². The summed E-state index contributed by atoms with van der Waals surface area (Å²) in [5, 5.41) is 1.38. The number of hydrazine groups is 1. The number of rotatable bonds is 3. The largest absolute Gasteiger partial charge is 0.495 e. The molecule has 0 saturated heterocycles. The molecule has 1 heterocycles. The lowest BCUT2D eigenvalue weighted by atomic mass is 10.2. The third-order valence-electron chi connectivity index (χ3n) is 1.62. The molecule has 0 amide bonds. The molecule has 1 aromatic rings. The Balaban J connectivity index is 2.95. The lowest BCUT2D eigenvalue weighted by Crippen LogP contribution is -2.20. The van der Waals surface area contributed by atoms with Gasteiger partial charge in [0, 0.05) is 25.0 Å². The molecule has 76 valence electrons. The van der Waals surface area contributed by atoms with Gasteiger partial charge in [0.15, 0.2) is 0 Å². The first kappa shape index (κ1) is 10.3. The van der Waals surface area contributed by atoms with Crippen LogP contribution in [0.1, 0.15) is 5.56 Å². The van der Waals surface area contributed by atoms with Crippen molar-refractivity contribution in [3.8, 4) is 5.75 Å². The molecule has 0 aliphatic carbocycles. The summed E-state index contributed by atoms with van der Waals surface area (Å²) in [7, 11) is 3.27. The molecule has 0 aliphatic heterocycles. The van der Waals surface area contributed by atoms with Crippen molar-refractivity contribution in [1.82, 2.24) is 9.99 Å². The van der Waals surface area contributed by atoms with Crippen LogP contribution in [0.25, 0.3) is 5.70 Å². The van der Waals surface area contributed by atoms with Crippen LogP contribution in [0.3, 0.4) is 0 Å². The first-order valence-corrected chi connectivity index (χ1v) is 4.07. The third-order valence-corrected chi connectivity index (χ3v) is 1.62. The van der Waals surface area contributed by atoms with Crippen LogP contribution in [0.15, 0.2) is 24.7 Å². The summed E-state index contributed by atoms with van der Waals surface area (Å²) in [6.45, 7) is 0. The van der Waals surface area contributed by atoms with E-state index in [0.717, 1.165) is 5.56 Å². The van der Waals surface area contributed by atoms with Gasteiger partial charge in [-0.3, -0.25) is 4.98 Å². The van der Waals surface area contributed by atoms with Crippen molar-refractivity contribution in [2.75, 3.05) is 14.2 Å². The predicted octanol–water partition coefficient (Wildman–Crippen LogP) is 0.153. The number of hydrogen-bond donors (Lipinski definition) is 2. The van der Waals surface area contributed by atoms with Gasteiger partial charge in [-0.1, -0.05) is 0 Å². The first-order valence-electron chi connectivity index (χ1n) is 4.07.